The van der Waals surface area contributed by atoms with Crippen LogP contribution in [0.25, 0.3) is 11.0 Å². The highest BCUT2D eigenvalue weighted by atomic mass is 16.5. The van der Waals surface area contributed by atoms with Gasteiger partial charge < -0.3 is 9.47 Å². The average Bonchev–Trinajstić information content (AvgIpc) is 3.03. The van der Waals surface area contributed by atoms with Crippen LogP contribution in [0.2, 0.25) is 0 Å². The van der Waals surface area contributed by atoms with Crippen molar-refractivity contribution < 1.29 is 9.47 Å². The molecule has 0 spiro atoms. The molecular formula is C19H21N3O2. The molecule has 0 amide bonds. The van der Waals surface area contributed by atoms with Crippen molar-refractivity contribution in [1.82, 2.24) is 15.0 Å². The van der Waals surface area contributed by atoms with Gasteiger partial charge in [-0.1, -0.05) is 29.5 Å². The summed E-state index contributed by atoms with van der Waals surface area (Å²) < 4.78 is 13.2. The highest BCUT2D eigenvalue weighted by Crippen LogP contribution is 2.28. The van der Waals surface area contributed by atoms with Gasteiger partial charge in [0.25, 0.3) is 0 Å². The Labute approximate surface area is 141 Å². The van der Waals surface area contributed by atoms with Crippen LogP contribution in [-0.2, 0) is 13.0 Å². The molecule has 0 aliphatic carbocycles. The molecule has 5 nitrogen and oxygen atoms in total. The summed E-state index contributed by atoms with van der Waals surface area (Å²) in [6.45, 7) is 5.11. The molecule has 1 aromatic heterocycles. The topological polar surface area (TPSA) is 49.2 Å². The molecule has 3 aromatic rings. The van der Waals surface area contributed by atoms with Crippen LogP contribution < -0.4 is 9.47 Å². The Balaban J connectivity index is 1.57. The summed E-state index contributed by atoms with van der Waals surface area (Å²) in [7, 11) is 1.65. The van der Waals surface area contributed by atoms with Crippen LogP contribution in [0.5, 0.6) is 11.5 Å². The molecule has 0 saturated carbocycles. The Morgan fingerprint density at radius 1 is 1.17 bits per heavy atom. The molecule has 2 aromatic carbocycles. The molecule has 0 fully saturated rings. The second-order valence-electron chi connectivity index (χ2n) is 5.48. The SMILES string of the molecule is C=CCc1ccc(OCCCn2nnc3ccccc32)c(OC)c1. The van der Waals surface area contributed by atoms with Crippen LogP contribution in [0.4, 0.5) is 0 Å². The number of hydrogen-bond donors (Lipinski definition) is 0. The zero-order chi connectivity index (χ0) is 16.8. The summed E-state index contributed by atoms with van der Waals surface area (Å²) in [5, 5.41) is 8.34. The van der Waals surface area contributed by atoms with Crippen molar-refractivity contribution in [3.05, 3.63) is 60.7 Å². The number of aromatic nitrogens is 3. The molecule has 124 valence electrons. The third-order valence-electron chi connectivity index (χ3n) is 3.80. The van der Waals surface area contributed by atoms with E-state index in [1.54, 1.807) is 7.11 Å². The van der Waals surface area contributed by atoms with E-state index in [-0.39, 0.29) is 0 Å². The first kappa shape index (κ1) is 16.1. The number of methoxy groups -OCH3 is 1. The summed E-state index contributed by atoms with van der Waals surface area (Å²) in [4.78, 5) is 0. The lowest BCUT2D eigenvalue weighted by Gasteiger charge is -2.12. The number of hydrogen-bond acceptors (Lipinski definition) is 4. The Bertz CT molecular complexity index is 826. The maximum absolute atomic E-state index is 5.86. The van der Waals surface area contributed by atoms with Crippen molar-refractivity contribution in [2.75, 3.05) is 13.7 Å². The van der Waals surface area contributed by atoms with Gasteiger partial charge in [-0.2, -0.15) is 0 Å². The first-order valence-electron chi connectivity index (χ1n) is 8.00. The lowest BCUT2D eigenvalue weighted by atomic mass is 10.1. The van der Waals surface area contributed by atoms with Gasteiger partial charge in [-0.3, -0.25) is 0 Å². The van der Waals surface area contributed by atoms with Gasteiger partial charge in [0.15, 0.2) is 11.5 Å². The molecule has 0 radical (unpaired) electrons. The predicted octanol–water partition coefficient (Wildman–Crippen LogP) is 3.64. The molecule has 5 heteroatoms. The molecule has 1 heterocycles. The van der Waals surface area contributed by atoms with Gasteiger partial charge in [0.05, 0.1) is 19.2 Å². The molecule has 0 unspecified atom stereocenters. The number of allylic oxidation sites excluding steroid dienone is 1. The van der Waals surface area contributed by atoms with E-state index in [9.17, 15) is 0 Å². The number of para-hydroxylation sites is 1. The minimum absolute atomic E-state index is 0.589. The molecule has 0 atom stereocenters. The summed E-state index contributed by atoms with van der Waals surface area (Å²) in [6.07, 6.45) is 3.53. The molecule has 24 heavy (non-hydrogen) atoms. The first-order valence-corrected chi connectivity index (χ1v) is 8.00. The van der Waals surface area contributed by atoms with Gasteiger partial charge in [-0.25, -0.2) is 4.68 Å². The number of rotatable bonds is 8. The number of benzene rings is 2. The molecule has 3 rings (SSSR count). The third-order valence-corrected chi connectivity index (χ3v) is 3.80. The van der Waals surface area contributed by atoms with Gasteiger partial charge in [-0.15, -0.1) is 11.7 Å². The first-order chi connectivity index (χ1) is 11.8. The van der Waals surface area contributed by atoms with E-state index in [1.807, 2.05) is 53.2 Å². The summed E-state index contributed by atoms with van der Waals surface area (Å²) in [5.74, 6) is 1.51. The summed E-state index contributed by atoms with van der Waals surface area (Å²) in [5.41, 5.74) is 3.12. The van der Waals surface area contributed by atoms with Crippen LogP contribution in [0.3, 0.4) is 0 Å². The summed E-state index contributed by atoms with van der Waals surface area (Å²) >= 11 is 0. The minimum atomic E-state index is 0.589. The standard InChI is InChI=1S/C19H21N3O2/c1-3-7-15-10-11-18(19(14-15)23-2)24-13-6-12-22-17-9-5-4-8-16(17)20-21-22/h3-5,8-11,14H,1,6-7,12-13H2,2H3. The Kier molecular flexibility index (Phi) is 5.11. The number of aryl methyl sites for hydroxylation is 1. The lowest BCUT2D eigenvalue weighted by Crippen LogP contribution is -2.06. The molecule has 0 aliphatic heterocycles. The fourth-order valence-electron chi connectivity index (χ4n) is 2.60. The Morgan fingerprint density at radius 3 is 2.88 bits per heavy atom. The third kappa shape index (κ3) is 3.56. The van der Waals surface area contributed by atoms with Crippen molar-refractivity contribution in [2.24, 2.45) is 0 Å². The highest BCUT2D eigenvalue weighted by Gasteiger charge is 2.06. The van der Waals surface area contributed by atoms with E-state index >= 15 is 0 Å². The van der Waals surface area contributed by atoms with E-state index in [1.165, 1.54) is 0 Å². The quantitative estimate of drug-likeness (QED) is 0.469. The van der Waals surface area contributed by atoms with Crippen LogP contribution in [0.15, 0.2) is 55.1 Å². The zero-order valence-electron chi connectivity index (χ0n) is 13.8. The predicted molar refractivity (Wildman–Crippen MR) is 94.5 cm³/mol. The maximum atomic E-state index is 5.86. The molecule has 0 aliphatic rings. The van der Waals surface area contributed by atoms with Gasteiger partial charge >= 0.3 is 0 Å². The van der Waals surface area contributed by atoms with E-state index in [2.05, 4.69) is 16.9 Å². The Hall–Kier alpha value is -2.82. The molecule has 0 N–H and O–H groups in total. The molecular weight excluding hydrogens is 302 g/mol. The normalized spacial score (nSPS) is 10.7. The maximum Gasteiger partial charge on any atom is 0.161 e. The zero-order valence-corrected chi connectivity index (χ0v) is 13.8. The fraction of sp³-hybridized carbons (Fsp3) is 0.263. The van der Waals surface area contributed by atoms with Crippen molar-refractivity contribution >= 4 is 11.0 Å². The van der Waals surface area contributed by atoms with E-state index in [0.29, 0.717) is 6.61 Å². The number of nitrogens with zero attached hydrogens (tertiary/aromatic N) is 3. The number of fused-ring (bicyclic) bond motifs is 1. The van der Waals surface area contributed by atoms with E-state index in [4.69, 9.17) is 9.47 Å². The average molecular weight is 323 g/mol. The van der Waals surface area contributed by atoms with Crippen molar-refractivity contribution in [1.29, 1.82) is 0 Å². The fourth-order valence-corrected chi connectivity index (χ4v) is 2.60. The molecule has 0 bridgehead atoms. The lowest BCUT2D eigenvalue weighted by molar-refractivity contribution is 0.280. The summed E-state index contributed by atoms with van der Waals surface area (Å²) in [6, 6.07) is 13.9. The largest absolute Gasteiger partial charge is 0.493 e. The van der Waals surface area contributed by atoms with Crippen molar-refractivity contribution in [3.8, 4) is 11.5 Å². The second-order valence-corrected chi connectivity index (χ2v) is 5.48. The smallest absolute Gasteiger partial charge is 0.161 e. The van der Waals surface area contributed by atoms with Gasteiger partial charge in [0.1, 0.15) is 5.52 Å². The van der Waals surface area contributed by atoms with Crippen molar-refractivity contribution in [3.63, 3.8) is 0 Å². The van der Waals surface area contributed by atoms with E-state index < -0.39 is 0 Å². The monoisotopic (exact) mass is 323 g/mol. The highest BCUT2D eigenvalue weighted by molar-refractivity contribution is 5.73. The number of ether oxygens (including phenoxy) is 2. The van der Waals surface area contributed by atoms with Crippen LogP contribution in [0.1, 0.15) is 12.0 Å². The van der Waals surface area contributed by atoms with Crippen LogP contribution >= 0.6 is 0 Å². The molecule has 0 saturated heterocycles. The van der Waals surface area contributed by atoms with Gasteiger partial charge in [0.2, 0.25) is 0 Å². The second kappa shape index (κ2) is 7.64. The van der Waals surface area contributed by atoms with Crippen molar-refractivity contribution in [2.45, 2.75) is 19.4 Å². The van der Waals surface area contributed by atoms with Crippen LogP contribution in [0, 0.1) is 0 Å². The van der Waals surface area contributed by atoms with Gasteiger partial charge in [-0.05, 0) is 36.2 Å². The Morgan fingerprint density at radius 2 is 2.04 bits per heavy atom. The van der Waals surface area contributed by atoms with Crippen LogP contribution in [-0.4, -0.2) is 28.7 Å². The van der Waals surface area contributed by atoms with Gasteiger partial charge in [0, 0.05) is 13.0 Å². The minimum Gasteiger partial charge on any atom is -0.493 e. The van der Waals surface area contributed by atoms with E-state index in [0.717, 1.165) is 47.5 Å².